The van der Waals surface area contributed by atoms with Crippen molar-refractivity contribution in [2.75, 3.05) is 13.6 Å². The van der Waals surface area contributed by atoms with Crippen LogP contribution in [-0.2, 0) is 4.79 Å². The standard InChI is InChI=1S/C7H12F3NO2/c1-5(3-6(12)13)11(2)4-7(8,9)10/h5H,3-4H2,1-2H3,(H,12,13). The number of alkyl halides is 3. The number of carboxylic acids is 1. The van der Waals surface area contributed by atoms with Gasteiger partial charge in [-0.2, -0.15) is 13.2 Å². The van der Waals surface area contributed by atoms with Crippen LogP contribution < -0.4 is 0 Å². The van der Waals surface area contributed by atoms with Gasteiger partial charge in [0, 0.05) is 6.04 Å². The van der Waals surface area contributed by atoms with Gasteiger partial charge in [0.1, 0.15) is 0 Å². The van der Waals surface area contributed by atoms with Gasteiger partial charge in [0.2, 0.25) is 0 Å². The molecule has 3 nitrogen and oxygen atoms in total. The zero-order valence-corrected chi connectivity index (χ0v) is 7.43. The number of hydrogen-bond acceptors (Lipinski definition) is 2. The number of halogens is 3. The van der Waals surface area contributed by atoms with E-state index in [1.807, 2.05) is 0 Å². The van der Waals surface area contributed by atoms with Crippen LogP contribution in [0.5, 0.6) is 0 Å². The van der Waals surface area contributed by atoms with E-state index in [9.17, 15) is 18.0 Å². The fourth-order valence-electron chi connectivity index (χ4n) is 0.847. The maximum Gasteiger partial charge on any atom is 0.401 e. The maximum atomic E-state index is 11.8. The van der Waals surface area contributed by atoms with Gasteiger partial charge in [0.25, 0.3) is 0 Å². The first kappa shape index (κ1) is 12.2. The molecule has 0 bridgehead atoms. The van der Waals surface area contributed by atoms with Gasteiger partial charge in [0.15, 0.2) is 0 Å². The second-order valence-electron chi connectivity index (χ2n) is 2.98. The van der Waals surface area contributed by atoms with Crippen molar-refractivity contribution in [1.29, 1.82) is 0 Å². The molecule has 0 heterocycles. The van der Waals surface area contributed by atoms with E-state index in [4.69, 9.17) is 5.11 Å². The van der Waals surface area contributed by atoms with Crippen LogP contribution in [0.15, 0.2) is 0 Å². The summed E-state index contributed by atoms with van der Waals surface area (Å²) in [5.41, 5.74) is 0. The molecule has 6 heteroatoms. The first-order valence-corrected chi connectivity index (χ1v) is 3.71. The van der Waals surface area contributed by atoms with Crippen LogP contribution in [-0.4, -0.2) is 41.8 Å². The summed E-state index contributed by atoms with van der Waals surface area (Å²) in [5.74, 6) is -1.10. The molecule has 0 fully saturated rings. The van der Waals surface area contributed by atoms with Crippen molar-refractivity contribution in [3.8, 4) is 0 Å². The third-order valence-corrected chi connectivity index (χ3v) is 1.65. The molecule has 1 atom stereocenters. The van der Waals surface area contributed by atoms with Gasteiger partial charge >= 0.3 is 12.1 Å². The molecule has 0 aromatic carbocycles. The van der Waals surface area contributed by atoms with Crippen molar-refractivity contribution in [2.45, 2.75) is 25.6 Å². The zero-order valence-electron chi connectivity index (χ0n) is 7.43. The number of aliphatic carboxylic acids is 1. The molecular formula is C7H12F3NO2. The highest BCUT2D eigenvalue weighted by molar-refractivity contribution is 5.67. The van der Waals surface area contributed by atoms with Gasteiger partial charge in [-0.05, 0) is 14.0 Å². The van der Waals surface area contributed by atoms with Crippen molar-refractivity contribution < 1.29 is 23.1 Å². The normalized spacial score (nSPS) is 14.6. The highest BCUT2D eigenvalue weighted by Crippen LogP contribution is 2.17. The predicted octanol–water partition coefficient (Wildman–Crippen LogP) is 1.34. The Morgan fingerprint density at radius 2 is 2.00 bits per heavy atom. The second kappa shape index (κ2) is 4.45. The maximum absolute atomic E-state index is 11.8. The molecule has 0 amide bonds. The Morgan fingerprint density at radius 1 is 1.54 bits per heavy atom. The fraction of sp³-hybridized carbons (Fsp3) is 0.857. The van der Waals surface area contributed by atoms with E-state index in [2.05, 4.69) is 0 Å². The molecule has 0 aromatic rings. The SMILES string of the molecule is CC(CC(=O)O)N(C)CC(F)(F)F. The lowest BCUT2D eigenvalue weighted by molar-refractivity contribution is -0.151. The summed E-state index contributed by atoms with van der Waals surface area (Å²) in [7, 11) is 1.25. The first-order chi connectivity index (χ1) is 5.72. The van der Waals surface area contributed by atoms with E-state index < -0.39 is 24.7 Å². The number of carboxylic acid groups (broad SMARTS) is 1. The first-order valence-electron chi connectivity index (χ1n) is 3.71. The Labute approximate surface area is 74.1 Å². The zero-order chi connectivity index (χ0) is 10.6. The largest absolute Gasteiger partial charge is 0.481 e. The van der Waals surface area contributed by atoms with Crippen LogP contribution in [0.2, 0.25) is 0 Å². The lowest BCUT2D eigenvalue weighted by Crippen LogP contribution is -2.38. The minimum Gasteiger partial charge on any atom is -0.481 e. The van der Waals surface area contributed by atoms with Crippen molar-refractivity contribution in [3.05, 3.63) is 0 Å². The average Bonchev–Trinajstić information content (AvgIpc) is 1.81. The predicted molar refractivity (Wildman–Crippen MR) is 40.4 cm³/mol. The van der Waals surface area contributed by atoms with E-state index in [-0.39, 0.29) is 6.42 Å². The number of carbonyl (C=O) groups is 1. The molecule has 0 rings (SSSR count). The number of rotatable bonds is 4. The number of hydrogen-bond donors (Lipinski definition) is 1. The van der Waals surface area contributed by atoms with Crippen molar-refractivity contribution in [1.82, 2.24) is 4.90 Å². The molecule has 0 spiro atoms. The average molecular weight is 199 g/mol. The molecule has 0 saturated carbocycles. The topological polar surface area (TPSA) is 40.5 Å². The lowest BCUT2D eigenvalue weighted by Gasteiger charge is -2.24. The van der Waals surface area contributed by atoms with E-state index in [1.165, 1.54) is 14.0 Å². The smallest absolute Gasteiger partial charge is 0.401 e. The highest BCUT2D eigenvalue weighted by atomic mass is 19.4. The Hall–Kier alpha value is -0.780. The van der Waals surface area contributed by atoms with Crippen LogP contribution in [0, 0.1) is 0 Å². The number of nitrogens with zero attached hydrogens (tertiary/aromatic N) is 1. The van der Waals surface area contributed by atoms with Crippen LogP contribution in [0.1, 0.15) is 13.3 Å². The molecule has 0 aliphatic carbocycles. The summed E-state index contributed by atoms with van der Waals surface area (Å²) in [6, 6.07) is -0.612. The molecule has 0 aliphatic rings. The summed E-state index contributed by atoms with van der Waals surface area (Å²) in [5, 5.41) is 8.32. The summed E-state index contributed by atoms with van der Waals surface area (Å²) >= 11 is 0. The second-order valence-corrected chi connectivity index (χ2v) is 2.98. The van der Waals surface area contributed by atoms with Crippen LogP contribution in [0.25, 0.3) is 0 Å². The van der Waals surface area contributed by atoms with Gasteiger partial charge in [-0.3, -0.25) is 9.69 Å². The van der Waals surface area contributed by atoms with Crippen molar-refractivity contribution >= 4 is 5.97 Å². The van der Waals surface area contributed by atoms with Gasteiger partial charge in [-0.1, -0.05) is 0 Å². The molecule has 1 unspecified atom stereocenters. The Morgan fingerprint density at radius 3 is 2.31 bits per heavy atom. The fourth-order valence-corrected chi connectivity index (χ4v) is 0.847. The monoisotopic (exact) mass is 199 g/mol. The molecule has 0 aliphatic heterocycles. The van der Waals surface area contributed by atoms with E-state index >= 15 is 0 Å². The van der Waals surface area contributed by atoms with Crippen molar-refractivity contribution in [2.24, 2.45) is 0 Å². The van der Waals surface area contributed by atoms with Crippen LogP contribution >= 0.6 is 0 Å². The summed E-state index contributed by atoms with van der Waals surface area (Å²) in [4.78, 5) is 11.1. The van der Waals surface area contributed by atoms with E-state index in [0.29, 0.717) is 0 Å². The third kappa shape index (κ3) is 6.39. The summed E-state index contributed by atoms with van der Waals surface area (Å²) in [6.07, 6.45) is -4.56. The molecular weight excluding hydrogens is 187 g/mol. The Kier molecular flexibility index (Phi) is 4.19. The minimum absolute atomic E-state index is 0.285. The quantitative estimate of drug-likeness (QED) is 0.742. The molecule has 13 heavy (non-hydrogen) atoms. The Balaban J connectivity index is 3.96. The molecule has 0 saturated heterocycles. The summed E-state index contributed by atoms with van der Waals surface area (Å²) < 4.78 is 35.4. The molecule has 1 N–H and O–H groups in total. The molecule has 0 radical (unpaired) electrons. The van der Waals surface area contributed by atoms with Gasteiger partial charge in [-0.15, -0.1) is 0 Å². The van der Waals surface area contributed by atoms with Gasteiger partial charge < -0.3 is 5.11 Å². The Bertz CT molecular complexity index is 181. The van der Waals surface area contributed by atoms with Crippen LogP contribution in [0.3, 0.4) is 0 Å². The van der Waals surface area contributed by atoms with Crippen LogP contribution in [0.4, 0.5) is 13.2 Å². The van der Waals surface area contributed by atoms with Gasteiger partial charge in [0.05, 0.1) is 13.0 Å². The molecule has 0 aromatic heterocycles. The lowest BCUT2D eigenvalue weighted by atomic mass is 10.2. The highest BCUT2D eigenvalue weighted by Gasteiger charge is 2.31. The molecule has 78 valence electrons. The van der Waals surface area contributed by atoms with E-state index in [0.717, 1.165) is 4.90 Å². The van der Waals surface area contributed by atoms with E-state index in [1.54, 1.807) is 0 Å². The van der Waals surface area contributed by atoms with Gasteiger partial charge in [-0.25, -0.2) is 0 Å². The third-order valence-electron chi connectivity index (χ3n) is 1.65. The summed E-state index contributed by atoms with van der Waals surface area (Å²) in [6.45, 7) is 0.362. The van der Waals surface area contributed by atoms with Crippen molar-refractivity contribution in [3.63, 3.8) is 0 Å². The minimum atomic E-state index is -4.28.